The summed E-state index contributed by atoms with van der Waals surface area (Å²) in [6.07, 6.45) is 6.23. The first kappa shape index (κ1) is 7.31. The molecule has 0 aliphatic heterocycles. The summed E-state index contributed by atoms with van der Waals surface area (Å²) < 4.78 is 5.06. The minimum Gasteiger partial charge on any atom is -0.443 e. The number of hydrogen-bond donors (Lipinski definition) is 0. The summed E-state index contributed by atoms with van der Waals surface area (Å²) in [4.78, 5) is 7.71. The van der Waals surface area contributed by atoms with Crippen LogP contribution in [-0.4, -0.2) is 9.97 Å². The molecule has 0 saturated heterocycles. The number of rotatable bonds is 1. The molecule has 0 bridgehead atoms. The Labute approximate surface area is 74.0 Å². The lowest BCUT2D eigenvalue weighted by atomic mass is 10.2. The first-order valence-corrected chi connectivity index (χ1v) is 3.73. The van der Waals surface area contributed by atoms with Crippen LogP contribution in [0.1, 0.15) is 0 Å². The molecule has 0 unspecified atom stereocenters. The fourth-order valence-corrected chi connectivity index (χ4v) is 1.08. The topological polar surface area (TPSA) is 38.9 Å². The van der Waals surface area contributed by atoms with Gasteiger partial charge < -0.3 is 4.42 Å². The monoisotopic (exact) mass is 180 g/mol. The molecule has 0 N–H and O–H groups in total. The van der Waals surface area contributed by atoms with E-state index in [1.807, 2.05) is 0 Å². The molecule has 3 nitrogen and oxygen atoms in total. The van der Waals surface area contributed by atoms with E-state index in [-0.39, 0.29) is 0 Å². The molecule has 0 aliphatic carbocycles. The molecule has 2 aromatic rings. The first-order valence-electron chi connectivity index (χ1n) is 3.35. The SMILES string of the molecule is Clc1cncc(-c2cnco2)c1. The lowest BCUT2D eigenvalue weighted by Gasteiger charge is -1.93. The van der Waals surface area contributed by atoms with Crippen molar-refractivity contribution in [2.45, 2.75) is 0 Å². The van der Waals surface area contributed by atoms with Gasteiger partial charge in [-0.15, -0.1) is 0 Å². The number of aromatic nitrogens is 2. The third-order valence-corrected chi connectivity index (χ3v) is 1.63. The molecule has 0 aromatic carbocycles. The Bertz CT molecular complexity index is 372. The van der Waals surface area contributed by atoms with Crippen LogP contribution in [0.15, 0.2) is 35.5 Å². The Balaban J connectivity index is 2.48. The van der Waals surface area contributed by atoms with Gasteiger partial charge in [0.1, 0.15) is 0 Å². The van der Waals surface area contributed by atoms with Crippen LogP contribution in [0.5, 0.6) is 0 Å². The average molecular weight is 181 g/mol. The zero-order valence-electron chi connectivity index (χ0n) is 6.07. The van der Waals surface area contributed by atoms with Crippen molar-refractivity contribution in [3.63, 3.8) is 0 Å². The molecule has 2 aromatic heterocycles. The van der Waals surface area contributed by atoms with Crippen molar-refractivity contribution in [1.82, 2.24) is 9.97 Å². The van der Waals surface area contributed by atoms with Crippen molar-refractivity contribution >= 4 is 11.6 Å². The number of oxazole rings is 1. The minimum atomic E-state index is 0.587. The molecule has 0 amide bonds. The molecule has 0 saturated carbocycles. The van der Waals surface area contributed by atoms with Gasteiger partial charge in [0.05, 0.1) is 11.2 Å². The molecule has 0 fully saturated rings. The van der Waals surface area contributed by atoms with E-state index < -0.39 is 0 Å². The summed E-state index contributed by atoms with van der Waals surface area (Å²) in [6.45, 7) is 0. The van der Waals surface area contributed by atoms with E-state index in [1.54, 1.807) is 24.7 Å². The van der Waals surface area contributed by atoms with E-state index in [4.69, 9.17) is 16.0 Å². The van der Waals surface area contributed by atoms with Gasteiger partial charge in [-0.25, -0.2) is 4.98 Å². The number of nitrogens with zero attached hydrogens (tertiary/aromatic N) is 2. The molecule has 0 spiro atoms. The van der Waals surface area contributed by atoms with Crippen molar-refractivity contribution in [2.24, 2.45) is 0 Å². The summed E-state index contributed by atoms with van der Waals surface area (Å²) in [6, 6.07) is 1.77. The number of halogens is 1. The predicted octanol–water partition coefficient (Wildman–Crippen LogP) is 2.39. The van der Waals surface area contributed by atoms with Crippen LogP contribution < -0.4 is 0 Å². The van der Waals surface area contributed by atoms with Crippen molar-refractivity contribution in [3.05, 3.63) is 36.1 Å². The highest BCUT2D eigenvalue weighted by Gasteiger charge is 2.01. The lowest BCUT2D eigenvalue weighted by Crippen LogP contribution is -1.76. The second-order valence-electron chi connectivity index (χ2n) is 2.26. The van der Waals surface area contributed by atoms with Crippen molar-refractivity contribution in [3.8, 4) is 11.3 Å². The fourth-order valence-electron chi connectivity index (χ4n) is 0.905. The first-order chi connectivity index (χ1) is 5.86. The van der Waals surface area contributed by atoms with Crippen LogP contribution in [0.25, 0.3) is 11.3 Å². The smallest absolute Gasteiger partial charge is 0.181 e. The molecular weight excluding hydrogens is 176 g/mol. The van der Waals surface area contributed by atoms with E-state index in [1.165, 1.54) is 6.39 Å². The molecule has 2 heterocycles. The molecule has 2 rings (SSSR count). The molecular formula is C8H5ClN2O. The van der Waals surface area contributed by atoms with Gasteiger partial charge in [-0.2, -0.15) is 0 Å². The van der Waals surface area contributed by atoms with Gasteiger partial charge in [0.2, 0.25) is 0 Å². The minimum absolute atomic E-state index is 0.587. The van der Waals surface area contributed by atoms with Gasteiger partial charge >= 0.3 is 0 Å². The van der Waals surface area contributed by atoms with Crippen LogP contribution >= 0.6 is 11.6 Å². The molecule has 60 valence electrons. The predicted molar refractivity (Wildman–Crippen MR) is 44.7 cm³/mol. The highest BCUT2D eigenvalue weighted by Crippen LogP contribution is 2.20. The van der Waals surface area contributed by atoms with Crippen molar-refractivity contribution in [2.75, 3.05) is 0 Å². The Morgan fingerprint density at radius 3 is 2.75 bits per heavy atom. The second-order valence-corrected chi connectivity index (χ2v) is 2.69. The molecule has 4 heteroatoms. The zero-order chi connectivity index (χ0) is 8.39. The standard InChI is InChI=1S/C8H5ClN2O/c9-7-1-6(2-10-3-7)8-4-11-5-12-8/h1-5H. The second kappa shape index (κ2) is 2.95. The highest BCUT2D eigenvalue weighted by atomic mass is 35.5. The van der Waals surface area contributed by atoms with E-state index >= 15 is 0 Å². The summed E-state index contributed by atoms with van der Waals surface area (Å²) in [5, 5.41) is 0.587. The maximum Gasteiger partial charge on any atom is 0.181 e. The third kappa shape index (κ3) is 1.31. The molecule has 12 heavy (non-hydrogen) atoms. The maximum atomic E-state index is 5.74. The Morgan fingerprint density at radius 2 is 2.08 bits per heavy atom. The van der Waals surface area contributed by atoms with Crippen molar-refractivity contribution in [1.29, 1.82) is 0 Å². The third-order valence-electron chi connectivity index (χ3n) is 1.42. The average Bonchev–Trinajstić information content (AvgIpc) is 2.56. The lowest BCUT2D eigenvalue weighted by molar-refractivity contribution is 0.571. The van der Waals surface area contributed by atoms with Crippen LogP contribution in [0, 0.1) is 0 Å². The number of hydrogen-bond acceptors (Lipinski definition) is 3. The van der Waals surface area contributed by atoms with Gasteiger partial charge in [0.15, 0.2) is 12.2 Å². The quantitative estimate of drug-likeness (QED) is 0.677. The van der Waals surface area contributed by atoms with E-state index in [9.17, 15) is 0 Å². The van der Waals surface area contributed by atoms with Crippen LogP contribution in [0.2, 0.25) is 5.02 Å². The van der Waals surface area contributed by atoms with Gasteiger partial charge in [0.25, 0.3) is 0 Å². The van der Waals surface area contributed by atoms with Gasteiger partial charge in [-0.1, -0.05) is 11.6 Å². The highest BCUT2D eigenvalue weighted by molar-refractivity contribution is 6.30. The summed E-state index contributed by atoms with van der Waals surface area (Å²) in [5.74, 6) is 0.671. The van der Waals surface area contributed by atoms with E-state index in [0.717, 1.165) is 5.56 Å². The van der Waals surface area contributed by atoms with Gasteiger partial charge in [0, 0.05) is 18.0 Å². The zero-order valence-corrected chi connectivity index (χ0v) is 6.82. The molecule has 0 atom stereocenters. The van der Waals surface area contributed by atoms with Crippen LogP contribution in [-0.2, 0) is 0 Å². The van der Waals surface area contributed by atoms with Gasteiger partial charge in [-0.3, -0.25) is 4.98 Å². The van der Waals surface area contributed by atoms with E-state index in [0.29, 0.717) is 10.8 Å². The summed E-state index contributed by atoms with van der Waals surface area (Å²) in [5.41, 5.74) is 0.833. The summed E-state index contributed by atoms with van der Waals surface area (Å²) in [7, 11) is 0. The molecule has 0 radical (unpaired) electrons. The Morgan fingerprint density at radius 1 is 1.17 bits per heavy atom. The fraction of sp³-hybridized carbons (Fsp3) is 0. The van der Waals surface area contributed by atoms with Crippen LogP contribution in [0.4, 0.5) is 0 Å². The van der Waals surface area contributed by atoms with Crippen molar-refractivity contribution < 1.29 is 4.42 Å². The normalized spacial score (nSPS) is 10.1. The maximum absolute atomic E-state index is 5.74. The van der Waals surface area contributed by atoms with Crippen LogP contribution in [0.3, 0.4) is 0 Å². The molecule has 0 aliphatic rings. The summed E-state index contributed by atoms with van der Waals surface area (Å²) >= 11 is 5.74. The number of pyridine rings is 1. The van der Waals surface area contributed by atoms with E-state index in [2.05, 4.69) is 9.97 Å². The Kier molecular flexibility index (Phi) is 1.80. The largest absolute Gasteiger partial charge is 0.443 e. The Hall–Kier alpha value is -1.35. The van der Waals surface area contributed by atoms with Gasteiger partial charge in [-0.05, 0) is 6.07 Å².